The highest BCUT2D eigenvalue weighted by molar-refractivity contribution is 7.18. The SMILES string of the molecule is CCOc1cc(/C=C/C(=O)c2ccc(Cl)s2)ccc1OC1CCCC1. The smallest absolute Gasteiger partial charge is 0.195 e. The maximum absolute atomic E-state index is 12.1. The van der Waals surface area contributed by atoms with Gasteiger partial charge in [-0.2, -0.15) is 0 Å². The number of thiophene rings is 1. The fourth-order valence-electron chi connectivity index (χ4n) is 2.88. The maximum atomic E-state index is 12.1. The summed E-state index contributed by atoms with van der Waals surface area (Å²) in [6.45, 7) is 2.52. The predicted molar refractivity (Wildman–Crippen MR) is 103 cm³/mol. The molecule has 0 unspecified atom stereocenters. The second-order valence-corrected chi connectivity index (χ2v) is 7.68. The molecular formula is C20H21ClO3S. The molecule has 0 bridgehead atoms. The Morgan fingerprint density at radius 1 is 1.24 bits per heavy atom. The quantitative estimate of drug-likeness (QED) is 0.438. The van der Waals surface area contributed by atoms with Crippen molar-refractivity contribution in [2.45, 2.75) is 38.7 Å². The van der Waals surface area contributed by atoms with Crippen LogP contribution in [-0.2, 0) is 0 Å². The first-order chi connectivity index (χ1) is 12.2. The van der Waals surface area contributed by atoms with E-state index < -0.39 is 0 Å². The molecule has 1 saturated carbocycles. The summed E-state index contributed by atoms with van der Waals surface area (Å²) in [5.74, 6) is 1.45. The van der Waals surface area contributed by atoms with E-state index in [1.165, 1.54) is 24.2 Å². The summed E-state index contributed by atoms with van der Waals surface area (Å²) in [4.78, 5) is 12.8. The Balaban J connectivity index is 1.73. The van der Waals surface area contributed by atoms with Gasteiger partial charge in [-0.25, -0.2) is 0 Å². The summed E-state index contributed by atoms with van der Waals surface area (Å²) >= 11 is 7.16. The second kappa shape index (κ2) is 8.54. The van der Waals surface area contributed by atoms with E-state index in [-0.39, 0.29) is 11.9 Å². The molecule has 1 heterocycles. The molecule has 0 radical (unpaired) electrons. The topological polar surface area (TPSA) is 35.5 Å². The number of ketones is 1. The van der Waals surface area contributed by atoms with Gasteiger partial charge in [-0.15, -0.1) is 11.3 Å². The summed E-state index contributed by atoms with van der Waals surface area (Å²) in [5, 5.41) is 0. The molecule has 132 valence electrons. The maximum Gasteiger partial charge on any atom is 0.195 e. The molecule has 5 heteroatoms. The molecule has 1 fully saturated rings. The number of halogens is 1. The number of hydrogen-bond acceptors (Lipinski definition) is 4. The van der Waals surface area contributed by atoms with Gasteiger partial charge in [0, 0.05) is 0 Å². The monoisotopic (exact) mass is 376 g/mol. The molecule has 1 aromatic carbocycles. The molecule has 0 spiro atoms. The molecule has 0 N–H and O–H groups in total. The summed E-state index contributed by atoms with van der Waals surface area (Å²) in [5.41, 5.74) is 0.901. The number of carbonyl (C=O) groups is 1. The normalized spacial score (nSPS) is 15.0. The van der Waals surface area contributed by atoms with Crippen LogP contribution in [0, 0.1) is 0 Å². The number of benzene rings is 1. The molecule has 0 amide bonds. The van der Waals surface area contributed by atoms with Crippen molar-refractivity contribution >= 4 is 34.8 Å². The average Bonchev–Trinajstić information content (AvgIpc) is 3.26. The van der Waals surface area contributed by atoms with Gasteiger partial charge in [-0.3, -0.25) is 4.79 Å². The first kappa shape index (κ1) is 18.0. The van der Waals surface area contributed by atoms with Crippen LogP contribution in [0.2, 0.25) is 4.34 Å². The third-order valence-corrected chi connectivity index (χ3v) is 5.35. The van der Waals surface area contributed by atoms with Crippen LogP contribution in [0.1, 0.15) is 47.8 Å². The van der Waals surface area contributed by atoms with Crippen molar-refractivity contribution in [3.63, 3.8) is 0 Å². The van der Waals surface area contributed by atoms with Gasteiger partial charge in [0.25, 0.3) is 0 Å². The van der Waals surface area contributed by atoms with Crippen LogP contribution < -0.4 is 9.47 Å². The second-order valence-electron chi connectivity index (χ2n) is 5.96. The van der Waals surface area contributed by atoms with Crippen molar-refractivity contribution in [3.05, 3.63) is 51.2 Å². The number of allylic oxidation sites excluding steroid dienone is 1. The molecule has 1 aliphatic rings. The molecule has 1 aliphatic carbocycles. The standard InChI is InChI=1S/C20H21ClO3S/c1-2-23-18-13-14(7-9-16(22)19-11-12-20(21)25-19)8-10-17(18)24-15-5-3-4-6-15/h7-13,15H,2-6H2,1H3/b9-7+. The Hall–Kier alpha value is -1.78. The van der Waals surface area contributed by atoms with E-state index in [4.69, 9.17) is 21.1 Å². The van der Waals surface area contributed by atoms with Crippen LogP contribution in [-0.4, -0.2) is 18.5 Å². The first-order valence-corrected chi connectivity index (χ1v) is 9.76. The van der Waals surface area contributed by atoms with E-state index in [1.54, 1.807) is 24.3 Å². The molecule has 2 aromatic rings. The van der Waals surface area contributed by atoms with Crippen molar-refractivity contribution in [2.75, 3.05) is 6.61 Å². The van der Waals surface area contributed by atoms with Crippen LogP contribution in [0.5, 0.6) is 11.5 Å². The molecule has 0 saturated heterocycles. The minimum absolute atomic E-state index is 0.0545. The van der Waals surface area contributed by atoms with Gasteiger partial charge in [-0.1, -0.05) is 23.7 Å². The van der Waals surface area contributed by atoms with Gasteiger partial charge in [-0.05, 0) is 68.5 Å². The zero-order valence-electron chi connectivity index (χ0n) is 14.2. The molecule has 25 heavy (non-hydrogen) atoms. The van der Waals surface area contributed by atoms with Gasteiger partial charge >= 0.3 is 0 Å². The molecule has 3 nitrogen and oxygen atoms in total. The van der Waals surface area contributed by atoms with Gasteiger partial charge < -0.3 is 9.47 Å². The first-order valence-electron chi connectivity index (χ1n) is 8.57. The zero-order chi connectivity index (χ0) is 17.6. The van der Waals surface area contributed by atoms with Crippen LogP contribution in [0.25, 0.3) is 6.08 Å². The van der Waals surface area contributed by atoms with E-state index in [0.717, 1.165) is 29.9 Å². The van der Waals surface area contributed by atoms with Crippen LogP contribution in [0.15, 0.2) is 36.4 Å². The lowest BCUT2D eigenvalue weighted by Crippen LogP contribution is -2.11. The fraction of sp³-hybridized carbons (Fsp3) is 0.350. The van der Waals surface area contributed by atoms with Crippen molar-refractivity contribution < 1.29 is 14.3 Å². The number of hydrogen-bond donors (Lipinski definition) is 0. The van der Waals surface area contributed by atoms with Crippen molar-refractivity contribution in [1.29, 1.82) is 0 Å². The van der Waals surface area contributed by atoms with Crippen molar-refractivity contribution in [3.8, 4) is 11.5 Å². The highest BCUT2D eigenvalue weighted by Gasteiger charge is 2.18. The van der Waals surface area contributed by atoms with Gasteiger partial charge in [0.05, 0.1) is 21.9 Å². The zero-order valence-corrected chi connectivity index (χ0v) is 15.7. The number of rotatable bonds is 7. The lowest BCUT2D eigenvalue weighted by Gasteiger charge is -2.17. The van der Waals surface area contributed by atoms with Gasteiger partial charge in [0.1, 0.15) is 0 Å². The van der Waals surface area contributed by atoms with Crippen LogP contribution in [0.4, 0.5) is 0 Å². The number of carbonyl (C=O) groups excluding carboxylic acids is 1. The van der Waals surface area contributed by atoms with E-state index in [0.29, 0.717) is 15.8 Å². The highest BCUT2D eigenvalue weighted by Crippen LogP contribution is 2.33. The van der Waals surface area contributed by atoms with Crippen molar-refractivity contribution in [2.24, 2.45) is 0 Å². The van der Waals surface area contributed by atoms with Crippen molar-refractivity contribution in [1.82, 2.24) is 0 Å². The third kappa shape index (κ3) is 4.86. The Kier molecular flexibility index (Phi) is 6.16. The Morgan fingerprint density at radius 2 is 2.04 bits per heavy atom. The van der Waals surface area contributed by atoms with E-state index in [2.05, 4.69) is 0 Å². The Labute approximate surface area is 157 Å². The largest absolute Gasteiger partial charge is 0.490 e. The molecule has 0 atom stereocenters. The summed E-state index contributed by atoms with van der Waals surface area (Å²) in [7, 11) is 0. The fourth-order valence-corrected chi connectivity index (χ4v) is 3.84. The molecule has 1 aromatic heterocycles. The molecule has 0 aliphatic heterocycles. The Morgan fingerprint density at radius 3 is 2.72 bits per heavy atom. The highest BCUT2D eigenvalue weighted by atomic mass is 35.5. The minimum Gasteiger partial charge on any atom is -0.490 e. The minimum atomic E-state index is -0.0545. The summed E-state index contributed by atoms with van der Waals surface area (Å²) in [6.07, 6.45) is 8.29. The van der Waals surface area contributed by atoms with Crippen LogP contribution in [0.3, 0.4) is 0 Å². The van der Waals surface area contributed by atoms with Crippen LogP contribution >= 0.6 is 22.9 Å². The molecular weight excluding hydrogens is 356 g/mol. The predicted octanol–water partition coefficient (Wildman–Crippen LogP) is 6.02. The van der Waals surface area contributed by atoms with E-state index >= 15 is 0 Å². The van der Waals surface area contributed by atoms with Gasteiger partial charge in [0.2, 0.25) is 0 Å². The third-order valence-electron chi connectivity index (χ3n) is 4.11. The lowest BCUT2D eigenvalue weighted by atomic mass is 10.1. The van der Waals surface area contributed by atoms with E-state index in [9.17, 15) is 4.79 Å². The summed E-state index contributed by atoms with van der Waals surface area (Å²) in [6, 6.07) is 9.26. The molecule has 3 rings (SSSR count). The average molecular weight is 377 g/mol. The number of ether oxygens (including phenoxy) is 2. The van der Waals surface area contributed by atoms with E-state index in [1.807, 2.05) is 25.1 Å². The Bertz CT molecular complexity index is 760. The summed E-state index contributed by atoms with van der Waals surface area (Å²) < 4.78 is 12.4. The van der Waals surface area contributed by atoms with Gasteiger partial charge in [0.15, 0.2) is 17.3 Å². The lowest BCUT2D eigenvalue weighted by molar-refractivity contribution is 0.105.